The van der Waals surface area contributed by atoms with Crippen molar-refractivity contribution in [1.29, 1.82) is 5.26 Å². The molecule has 2 heterocycles. The molecule has 1 aromatic carbocycles. The number of hydrogen-bond donors (Lipinski definition) is 0. The molecule has 0 unspecified atom stereocenters. The lowest BCUT2D eigenvalue weighted by atomic mass is 9.98. The van der Waals surface area contributed by atoms with Crippen LogP contribution in [0.15, 0.2) is 48.8 Å². The molecule has 1 aliphatic heterocycles. The van der Waals surface area contributed by atoms with Gasteiger partial charge in [-0.3, -0.25) is 9.78 Å². The van der Waals surface area contributed by atoms with Crippen molar-refractivity contribution in [2.45, 2.75) is 12.8 Å². The molecule has 0 radical (unpaired) electrons. The zero-order chi connectivity index (χ0) is 15.4. The van der Waals surface area contributed by atoms with Crippen molar-refractivity contribution in [3.63, 3.8) is 0 Å². The summed E-state index contributed by atoms with van der Waals surface area (Å²) in [6.07, 6.45) is 5.30. The zero-order valence-corrected chi connectivity index (χ0v) is 12.3. The molecule has 1 amide bonds. The molecule has 22 heavy (non-hydrogen) atoms. The number of hydrogen-bond acceptors (Lipinski definition) is 3. The largest absolute Gasteiger partial charge is 0.337 e. The van der Waals surface area contributed by atoms with Crippen LogP contribution in [-0.2, 0) is 0 Å². The molecule has 3 rings (SSSR count). The molecule has 0 spiro atoms. The number of nitrogens with zero attached hydrogens (tertiary/aromatic N) is 3. The second kappa shape index (κ2) is 6.40. The molecule has 4 nitrogen and oxygen atoms in total. The first-order valence-electron chi connectivity index (χ1n) is 7.47. The van der Waals surface area contributed by atoms with Gasteiger partial charge < -0.3 is 4.90 Å². The molecule has 1 aromatic heterocycles. The van der Waals surface area contributed by atoms with Crippen LogP contribution < -0.4 is 0 Å². The maximum Gasteiger partial charge on any atom is 0.253 e. The molecule has 0 bridgehead atoms. The molecular weight excluding hydrogens is 274 g/mol. The fraction of sp³-hybridized carbons (Fsp3) is 0.278. The molecule has 2 aromatic rings. The number of benzene rings is 1. The van der Waals surface area contributed by atoms with E-state index >= 15 is 0 Å². The molecule has 1 aliphatic rings. The highest BCUT2D eigenvalue weighted by molar-refractivity contribution is 5.94. The van der Waals surface area contributed by atoms with Gasteiger partial charge in [0, 0.05) is 31.0 Å². The Kier molecular flexibility index (Phi) is 4.15. The van der Waals surface area contributed by atoms with Crippen LogP contribution in [0.25, 0.3) is 11.1 Å². The predicted octanol–water partition coefficient (Wildman–Crippen LogP) is 3.12. The Bertz CT molecular complexity index is 689. The van der Waals surface area contributed by atoms with Gasteiger partial charge in [0.25, 0.3) is 5.91 Å². The minimum atomic E-state index is -0.0335. The summed E-state index contributed by atoms with van der Waals surface area (Å²) in [4.78, 5) is 18.3. The van der Waals surface area contributed by atoms with E-state index in [1.54, 1.807) is 17.3 Å². The Hall–Kier alpha value is -2.67. The summed E-state index contributed by atoms with van der Waals surface area (Å²) in [5.74, 6) is -0.0185. The highest BCUT2D eigenvalue weighted by Crippen LogP contribution is 2.21. The normalized spacial score (nSPS) is 17.8. The fourth-order valence-corrected chi connectivity index (χ4v) is 2.80. The van der Waals surface area contributed by atoms with Crippen LogP contribution >= 0.6 is 0 Å². The minimum absolute atomic E-state index is 0.0150. The number of amides is 1. The van der Waals surface area contributed by atoms with E-state index in [9.17, 15) is 4.79 Å². The third-order valence-electron chi connectivity index (χ3n) is 4.04. The van der Waals surface area contributed by atoms with Crippen LogP contribution in [0.2, 0.25) is 0 Å². The second-order valence-electron chi connectivity index (χ2n) is 5.53. The van der Waals surface area contributed by atoms with E-state index in [1.165, 1.54) is 0 Å². The van der Waals surface area contributed by atoms with Gasteiger partial charge in [0.05, 0.1) is 12.0 Å². The highest BCUT2D eigenvalue weighted by atomic mass is 16.2. The lowest BCUT2D eigenvalue weighted by molar-refractivity contribution is 0.0699. The van der Waals surface area contributed by atoms with Crippen LogP contribution in [0.1, 0.15) is 23.2 Å². The maximum absolute atomic E-state index is 12.5. The number of pyridine rings is 1. The molecule has 0 aliphatic carbocycles. The SMILES string of the molecule is N#C[C@H]1CCCN(C(=O)c2ccc(-c3ccncc3)cc2)C1. The van der Waals surface area contributed by atoms with Crippen LogP contribution in [-0.4, -0.2) is 28.9 Å². The van der Waals surface area contributed by atoms with Crippen LogP contribution in [0, 0.1) is 17.2 Å². The highest BCUT2D eigenvalue weighted by Gasteiger charge is 2.24. The van der Waals surface area contributed by atoms with Gasteiger partial charge >= 0.3 is 0 Å². The first-order chi connectivity index (χ1) is 10.8. The van der Waals surface area contributed by atoms with E-state index in [0.29, 0.717) is 12.1 Å². The number of likely N-dealkylation sites (tertiary alicyclic amines) is 1. The summed E-state index contributed by atoms with van der Waals surface area (Å²) in [5, 5.41) is 9.03. The summed E-state index contributed by atoms with van der Waals surface area (Å²) in [6.45, 7) is 1.28. The maximum atomic E-state index is 12.5. The first-order valence-corrected chi connectivity index (χ1v) is 7.47. The van der Waals surface area contributed by atoms with E-state index in [1.807, 2.05) is 36.4 Å². The average Bonchev–Trinajstić information content (AvgIpc) is 2.62. The predicted molar refractivity (Wildman–Crippen MR) is 83.9 cm³/mol. The third kappa shape index (κ3) is 2.99. The summed E-state index contributed by atoms with van der Waals surface area (Å²) < 4.78 is 0. The lowest BCUT2D eigenvalue weighted by Gasteiger charge is -2.29. The number of nitriles is 1. The second-order valence-corrected chi connectivity index (χ2v) is 5.53. The number of aromatic nitrogens is 1. The van der Waals surface area contributed by atoms with Gasteiger partial charge in [0.15, 0.2) is 0 Å². The molecule has 1 saturated heterocycles. The number of carbonyl (C=O) groups excluding carboxylic acids is 1. The number of rotatable bonds is 2. The zero-order valence-electron chi connectivity index (χ0n) is 12.3. The molecule has 110 valence electrons. The van der Waals surface area contributed by atoms with Crippen LogP contribution in [0.4, 0.5) is 0 Å². The molecule has 4 heteroatoms. The number of carbonyl (C=O) groups is 1. The lowest BCUT2D eigenvalue weighted by Crippen LogP contribution is -2.39. The summed E-state index contributed by atoms with van der Waals surface area (Å²) in [5.41, 5.74) is 2.82. The van der Waals surface area contributed by atoms with Gasteiger partial charge in [-0.1, -0.05) is 12.1 Å². The average molecular weight is 291 g/mol. The van der Waals surface area contributed by atoms with E-state index in [-0.39, 0.29) is 11.8 Å². The summed E-state index contributed by atoms with van der Waals surface area (Å²) in [6, 6.07) is 13.8. The topological polar surface area (TPSA) is 57.0 Å². The van der Waals surface area contributed by atoms with Gasteiger partial charge in [-0.05, 0) is 48.2 Å². The quantitative estimate of drug-likeness (QED) is 0.854. The Morgan fingerprint density at radius 1 is 1.14 bits per heavy atom. The Morgan fingerprint density at radius 2 is 1.82 bits per heavy atom. The minimum Gasteiger partial charge on any atom is -0.337 e. The Balaban J connectivity index is 1.75. The van der Waals surface area contributed by atoms with E-state index in [4.69, 9.17) is 5.26 Å². The van der Waals surface area contributed by atoms with Gasteiger partial charge in [-0.2, -0.15) is 5.26 Å². The van der Waals surface area contributed by atoms with Crippen molar-refractivity contribution in [3.8, 4) is 17.2 Å². The van der Waals surface area contributed by atoms with Crippen molar-refractivity contribution in [2.75, 3.05) is 13.1 Å². The number of piperidine rings is 1. The van der Waals surface area contributed by atoms with Gasteiger partial charge in [-0.15, -0.1) is 0 Å². The van der Waals surface area contributed by atoms with Gasteiger partial charge in [0.2, 0.25) is 0 Å². The smallest absolute Gasteiger partial charge is 0.253 e. The third-order valence-corrected chi connectivity index (χ3v) is 4.04. The van der Waals surface area contributed by atoms with Gasteiger partial charge in [0.1, 0.15) is 0 Å². The van der Waals surface area contributed by atoms with Crippen molar-refractivity contribution < 1.29 is 4.79 Å². The summed E-state index contributed by atoms with van der Waals surface area (Å²) >= 11 is 0. The Labute approximate surface area is 130 Å². The van der Waals surface area contributed by atoms with Crippen LogP contribution in [0.3, 0.4) is 0 Å². The standard InChI is InChI=1S/C18H17N3O/c19-12-14-2-1-11-21(13-14)18(22)17-5-3-15(4-6-17)16-7-9-20-10-8-16/h3-10,14H,1-2,11,13H2/t14-/m1/s1. The van der Waals surface area contributed by atoms with Crippen molar-refractivity contribution in [2.24, 2.45) is 5.92 Å². The molecule has 0 N–H and O–H groups in total. The van der Waals surface area contributed by atoms with E-state index in [2.05, 4.69) is 11.1 Å². The molecular formula is C18H17N3O. The fourth-order valence-electron chi connectivity index (χ4n) is 2.80. The van der Waals surface area contributed by atoms with Crippen molar-refractivity contribution in [3.05, 3.63) is 54.4 Å². The summed E-state index contributed by atoms with van der Waals surface area (Å²) in [7, 11) is 0. The van der Waals surface area contributed by atoms with Crippen molar-refractivity contribution >= 4 is 5.91 Å². The first kappa shape index (κ1) is 14.3. The molecule has 0 saturated carbocycles. The molecule has 1 atom stereocenters. The van der Waals surface area contributed by atoms with E-state index < -0.39 is 0 Å². The van der Waals surface area contributed by atoms with E-state index in [0.717, 1.165) is 30.5 Å². The van der Waals surface area contributed by atoms with Gasteiger partial charge in [-0.25, -0.2) is 0 Å². The molecule has 1 fully saturated rings. The van der Waals surface area contributed by atoms with Crippen molar-refractivity contribution in [1.82, 2.24) is 9.88 Å². The Morgan fingerprint density at radius 3 is 2.50 bits per heavy atom. The van der Waals surface area contributed by atoms with Crippen LogP contribution in [0.5, 0.6) is 0 Å². The monoisotopic (exact) mass is 291 g/mol.